The number of aromatic carboxylic acids is 1. The van der Waals surface area contributed by atoms with Crippen LogP contribution in [-0.2, 0) is 0 Å². The van der Waals surface area contributed by atoms with Crippen molar-refractivity contribution in [1.82, 2.24) is 15.3 Å². The molecule has 0 saturated carbocycles. The van der Waals surface area contributed by atoms with E-state index in [0.29, 0.717) is 5.56 Å². The van der Waals surface area contributed by atoms with E-state index in [0.717, 1.165) is 5.56 Å². The summed E-state index contributed by atoms with van der Waals surface area (Å²) in [6.45, 7) is 3.56. The van der Waals surface area contributed by atoms with Crippen molar-refractivity contribution in [3.05, 3.63) is 53.1 Å². The number of carboxylic acid groups (broad SMARTS) is 1. The van der Waals surface area contributed by atoms with Crippen molar-refractivity contribution in [3.63, 3.8) is 0 Å². The molecule has 0 radical (unpaired) electrons. The lowest BCUT2D eigenvalue weighted by Crippen LogP contribution is -2.27. The van der Waals surface area contributed by atoms with E-state index in [4.69, 9.17) is 5.11 Å². The third kappa shape index (κ3) is 2.85. The third-order valence-corrected chi connectivity index (χ3v) is 3.04. The van der Waals surface area contributed by atoms with Gasteiger partial charge in [0.15, 0.2) is 5.82 Å². The van der Waals surface area contributed by atoms with Crippen molar-refractivity contribution >= 4 is 11.9 Å². The highest BCUT2D eigenvalue weighted by atomic mass is 16.4. The number of hydrogen-bond donors (Lipinski definition) is 3. The molecular formula is C14H15N3O3. The number of nitrogens with one attached hydrogen (secondary N) is 2. The van der Waals surface area contributed by atoms with Gasteiger partial charge >= 0.3 is 5.97 Å². The molecule has 2 rings (SSSR count). The van der Waals surface area contributed by atoms with Gasteiger partial charge < -0.3 is 15.4 Å². The molecule has 0 aliphatic carbocycles. The van der Waals surface area contributed by atoms with Crippen molar-refractivity contribution in [1.29, 1.82) is 0 Å². The summed E-state index contributed by atoms with van der Waals surface area (Å²) in [4.78, 5) is 29.4. The minimum absolute atomic E-state index is 0.242. The van der Waals surface area contributed by atoms with E-state index in [9.17, 15) is 9.59 Å². The number of aromatic amines is 1. The van der Waals surface area contributed by atoms with Crippen molar-refractivity contribution in [2.45, 2.75) is 19.9 Å². The number of carbonyl (C=O) groups excluding carboxylic acids is 1. The third-order valence-electron chi connectivity index (χ3n) is 3.04. The van der Waals surface area contributed by atoms with Gasteiger partial charge in [0.25, 0.3) is 5.91 Å². The molecule has 1 aromatic heterocycles. The molecule has 0 bridgehead atoms. The Morgan fingerprint density at radius 2 is 2.15 bits per heavy atom. The Bertz CT molecular complexity index is 635. The van der Waals surface area contributed by atoms with Crippen LogP contribution in [0.2, 0.25) is 0 Å². The monoisotopic (exact) mass is 273 g/mol. The second-order valence-corrected chi connectivity index (χ2v) is 4.51. The van der Waals surface area contributed by atoms with Crippen LogP contribution in [0.5, 0.6) is 0 Å². The van der Waals surface area contributed by atoms with Crippen molar-refractivity contribution in [3.8, 4) is 0 Å². The van der Waals surface area contributed by atoms with E-state index in [2.05, 4.69) is 15.3 Å². The van der Waals surface area contributed by atoms with Crippen LogP contribution in [0.25, 0.3) is 0 Å². The van der Waals surface area contributed by atoms with Gasteiger partial charge in [-0.1, -0.05) is 12.1 Å². The van der Waals surface area contributed by atoms with E-state index >= 15 is 0 Å². The highest BCUT2D eigenvalue weighted by Gasteiger charge is 2.15. The van der Waals surface area contributed by atoms with Gasteiger partial charge in [0, 0.05) is 12.4 Å². The average molecular weight is 273 g/mol. The van der Waals surface area contributed by atoms with Crippen LogP contribution in [0, 0.1) is 6.92 Å². The van der Waals surface area contributed by atoms with Gasteiger partial charge in [0.1, 0.15) is 0 Å². The van der Waals surface area contributed by atoms with Gasteiger partial charge in [-0.2, -0.15) is 0 Å². The lowest BCUT2D eigenvalue weighted by atomic mass is 10.0. The lowest BCUT2D eigenvalue weighted by molar-refractivity contribution is 0.0695. The first-order chi connectivity index (χ1) is 9.49. The number of aryl methyl sites for hydroxylation is 1. The highest BCUT2D eigenvalue weighted by Crippen LogP contribution is 2.17. The lowest BCUT2D eigenvalue weighted by Gasteiger charge is -2.14. The topological polar surface area (TPSA) is 95.1 Å². The summed E-state index contributed by atoms with van der Waals surface area (Å²) in [6, 6.07) is 4.76. The first-order valence-electron chi connectivity index (χ1n) is 6.13. The maximum atomic E-state index is 11.9. The zero-order valence-corrected chi connectivity index (χ0v) is 11.2. The van der Waals surface area contributed by atoms with Crippen LogP contribution in [0.3, 0.4) is 0 Å². The Morgan fingerprint density at radius 1 is 1.40 bits per heavy atom. The maximum Gasteiger partial charge on any atom is 0.335 e. The fourth-order valence-corrected chi connectivity index (χ4v) is 1.93. The quantitative estimate of drug-likeness (QED) is 0.793. The molecule has 1 atom stereocenters. The molecule has 1 unspecified atom stereocenters. The summed E-state index contributed by atoms with van der Waals surface area (Å²) < 4.78 is 0. The molecule has 0 aliphatic rings. The molecule has 2 aromatic rings. The molecule has 0 fully saturated rings. The Kier molecular flexibility index (Phi) is 3.84. The molecule has 0 spiro atoms. The van der Waals surface area contributed by atoms with E-state index in [1.807, 2.05) is 6.92 Å². The van der Waals surface area contributed by atoms with E-state index < -0.39 is 5.97 Å². The van der Waals surface area contributed by atoms with E-state index in [1.54, 1.807) is 31.3 Å². The Labute approximate surface area is 115 Å². The fourth-order valence-electron chi connectivity index (χ4n) is 1.93. The molecule has 1 amide bonds. The van der Waals surface area contributed by atoms with Crippen molar-refractivity contribution in [2.24, 2.45) is 0 Å². The summed E-state index contributed by atoms with van der Waals surface area (Å²) >= 11 is 0. The van der Waals surface area contributed by atoms with Gasteiger partial charge in [-0.3, -0.25) is 4.79 Å². The molecular weight excluding hydrogens is 258 g/mol. The number of amides is 1. The molecule has 20 heavy (non-hydrogen) atoms. The second-order valence-electron chi connectivity index (χ2n) is 4.51. The van der Waals surface area contributed by atoms with Crippen molar-refractivity contribution < 1.29 is 14.7 Å². The summed E-state index contributed by atoms with van der Waals surface area (Å²) in [7, 11) is 0. The summed E-state index contributed by atoms with van der Waals surface area (Å²) in [5.74, 6) is -1.01. The van der Waals surface area contributed by atoms with E-state index in [-0.39, 0.29) is 23.3 Å². The predicted octanol–water partition coefficient (Wildman–Crippen LogP) is 1.91. The van der Waals surface area contributed by atoms with Gasteiger partial charge in [0.05, 0.1) is 11.6 Å². The maximum absolute atomic E-state index is 11.9. The second kappa shape index (κ2) is 5.56. The zero-order valence-electron chi connectivity index (χ0n) is 11.2. The highest BCUT2D eigenvalue weighted by molar-refractivity contribution is 5.91. The predicted molar refractivity (Wildman–Crippen MR) is 72.6 cm³/mol. The Hall–Kier alpha value is -2.63. The molecule has 3 N–H and O–H groups in total. The van der Waals surface area contributed by atoms with Crippen LogP contribution in [-0.4, -0.2) is 27.0 Å². The normalized spacial score (nSPS) is 11.9. The van der Waals surface area contributed by atoms with Crippen LogP contribution in [0.4, 0.5) is 0 Å². The summed E-state index contributed by atoms with van der Waals surface area (Å²) in [5, 5.41) is 11.8. The number of aromatic nitrogens is 2. The molecule has 6 heteroatoms. The molecule has 6 nitrogen and oxygen atoms in total. The summed E-state index contributed by atoms with van der Waals surface area (Å²) in [5.41, 5.74) is 1.76. The van der Waals surface area contributed by atoms with Gasteiger partial charge in [0.2, 0.25) is 0 Å². The Morgan fingerprint density at radius 3 is 2.70 bits per heavy atom. The average Bonchev–Trinajstić information content (AvgIpc) is 2.91. The largest absolute Gasteiger partial charge is 0.478 e. The van der Waals surface area contributed by atoms with Crippen LogP contribution in [0.1, 0.15) is 45.1 Å². The molecule has 1 heterocycles. The smallest absolute Gasteiger partial charge is 0.335 e. The van der Waals surface area contributed by atoms with Crippen molar-refractivity contribution in [2.75, 3.05) is 0 Å². The number of imidazole rings is 1. The molecule has 104 valence electrons. The standard InChI is InChI=1S/C14H15N3O3/c1-8-7-10(3-4-11(8)14(19)20)9(2)17-13(18)12-15-5-6-16-12/h3-7,9H,1-2H3,(H,15,16)(H,17,18)(H,19,20). The first-order valence-corrected chi connectivity index (χ1v) is 6.13. The van der Waals surface area contributed by atoms with Crippen LogP contribution in [0.15, 0.2) is 30.6 Å². The number of H-pyrrole nitrogens is 1. The molecule has 1 aromatic carbocycles. The number of nitrogens with zero attached hydrogens (tertiary/aromatic N) is 1. The van der Waals surface area contributed by atoms with Gasteiger partial charge in [-0.15, -0.1) is 0 Å². The first kappa shape index (κ1) is 13.8. The Balaban J connectivity index is 2.13. The zero-order chi connectivity index (χ0) is 14.7. The number of carboxylic acids is 1. The van der Waals surface area contributed by atoms with E-state index in [1.165, 1.54) is 6.20 Å². The molecule has 0 saturated heterocycles. The number of hydrogen-bond acceptors (Lipinski definition) is 3. The summed E-state index contributed by atoms with van der Waals surface area (Å²) in [6.07, 6.45) is 3.08. The minimum Gasteiger partial charge on any atom is -0.478 e. The fraction of sp³-hybridized carbons (Fsp3) is 0.214. The number of benzene rings is 1. The molecule has 0 aliphatic heterocycles. The SMILES string of the molecule is Cc1cc(C(C)NC(=O)c2ncc[nH]2)ccc1C(=O)O. The van der Waals surface area contributed by atoms with Crippen LogP contribution < -0.4 is 5.32 Å². The van der Waals surface area contributed by atoms with Gasteiger partial charge in [-0.05, 0) is 31.0 Å². The van der Waals surface area contributed by atoms with Gasteiger partial charge in [-0.25, -0.2) is 9.78 Å². The number of carbonyl (C=O) groups is 2. The number of rotatable bonds is 4. The minimum atomic E-state index is -0.957. The van der Waals surface area contributed by atoms with Crippen LogP contribution >= 0.6 is 0 Å².